The van der Waals surface area contributed by atoms with E-state index in [1.165, 1.54) is 52.6 Å². The van der Waals surface area contributed by atoms with Gasteiger partial charge >= 0.3 is 0 Å². The number of aromatic amines is 1. The molecule has 2 nitrogen and oxygen atoms in total. The van der Waals surface area contributed by atoms with E-state index >= 15 is 0 Å². The van der Waals surface area contributed by atoms with E-state index in [2.05, 4.69) is 44.0 Å². The van der Waals surface area contributed by atoms with Gasteiger partial charge in [0, 0.05) is 34.6 Å². The molecule has 2 aliphatic heterocycles. The number of hydrogen-bond acceptors (Lipinski definition) is 1. The number of rotatable bonds is 0. The Morgan fingerprint density at radius 2 is 2.29 bits per heavy atom. The monoisotopic (exact) mass is 290 g/mol. The molecule has 88 valence electrons. The van der Waals surface area contributed by atoms with Crippen molar-refractivity contribution >= 4 is 26.8 Å². The molecule has 1 aromatic carbocycles. The van der Waals surface area contributed by atoms with Crippen molar-refractivity contribution in [3.05, 3.63) is 33.9 Å². The molecule has 3 heterocycles. The first kappa shape index (κ1) is 10.2. The van der Waals surface area contributed by atoms with Crippen LogP contribution in [0.5, 0.6) is 0 Å². The summed E-state index contributed by atoms with van der Waals surface area (Å²) in [5, 5.41) is 1.41. The van der Waals surface area contributed by atoms with Crippen LogP contribution in [0.15, 0.2) is 22.7 Å². The van der Waals surface area contributed by atoms with Crippen LogP contribution < -0.4 is 0 Å². The Morgan fingerprint density at radius 1 is 1.35 bits per heavy atom. The van der Waals surface area contributed by atoms with Crippen LogP contribution in [0.4, 0.5) is 0 Å². The van der Waals surface area contributed by atoms with Crippen LogP contribution in [-0.2, 0) is 6.54 Å². The molecule has 0 saturated carbocycles. The zero-order valence-corrected chi connectivity index (χ0v) is 11.3. The highest BCUT2D eigenvalue weighted by atomic mass is 79.9. The molecule has 2 aliphatic rings. The van der Waals surface area contributed by atoms with Gasteiger partial charge in [0.2, 0.25) is 0 Å². The zero-order chi connectivity index (χ0) is 11.4. The molecule has 17 heavy (non-hydrogen) atoms. The standard InChI is InChI=1S/C14H15BrN2/c15-12-5-1-4-10-11-8-17-6-2-3-9(7-17)13(11)16-14(10)12/h1,4-5,9,16H,2-3,6-8H2. The van der Waals surface area contributed by atoms with Gasteiger partial charge in [-0.3, -0.25) is 4.90 Å². The van der Waals surface area contributed by atoms with Crippen molar-refractivity contribution in [1.29, 1.82) is 0 Å². The van der Waals surface area contributed by atoms with Crippen molar-refractivity contribution in [1.82, 2.24) is 9.88 Å². The molecule has 1 saturated heterocycles. The Morgan fingerprint density at radius 3 is 3.24 bits per heavy atom. The van der Waals surface area contributed by atoms with Gasteiger partial charge in [-0.15, -0.1) is 0 Å². The third-order valence-electron chi connectivity index (χ3n) is 4.22. The van der Waals surface area contributed by atoms with Crippen molar-refractivity contribution in [2.45, 2.75) is 25.3 Å². The average Bonchev–Trinajstić information content (AvgIpc) is 2.71. The quantitative estimate of drug-likeness (QED) is 0.785. The van der Waals surface area contributed by atoms with Crippen LogP contribution in [0, 0.1) is 0 Å². The minimum absolute atomic E-state index is 0.729. The van der Waals surface area contributed by atoms with Crippen molar-refractivity contribution in [2.24, 2.45) is 0 Å². The van der Waals surface area contributed by atoms with E-state index in [0.29, 0.717) is 0 Å². The SMILES string of the molecule is Brc1cccc2c3c([nH]c12)C1CCCN(C3)C1. The van der Waals surface area contributed by atoms with Gasteiger partial charge in [0.1, 0.15) is 0 Å². The number of H-pyrrole nitrogens is 1. The van der Waals surface area contributed by atoms with Gasteiger partial charge in [-0.05, 0) is 46.9 Å². The topological polar surface area (TPSA) is 19.0 Å². The summed E-state index contributed by atoms with van der Waals surface area (Å²) in [4.78, 5) is 6.27. The molecule has 0 spiro atoms. The summed E-state index contributed by atoms with van der Waals surface area (Å²) < 4.78 is 1.19. The first-order valence-corrected chi connectivity index (χ1v) is 7.13. The van der Waals surface area contributed by atoms with Gasteiger partial charge in [0.25, 0.3) is 0 Å². The Balaban J connectivity index is 1.99. The van der Waals surface area contributed by atoms with Crippen LogP contribution in [0.3, 0.4) is 0 Å². The molecule has 0 radical (unpaired) electrons. The summed E-state index contributed by atoms with van der Waals surface area (Å²) in [6.07, 6.45) is 2.69. The molecule has 1 aromatic heterocycles. The normalized spacial score (nSPS) is 27.1. The number of halogens is 1. The number of hydrogen-bond donors (Lipinski definition) is 1. The summed E-state index contributed by atoms with van der Waals surface area (Å²) in [6.45, 7) is 3.65. The second kappa shape index (κ2) is 3.59. The fourth-order valence-corrected chi connectivity index (χ4v) is 3.90. The van der Waals surface area contributed by atoms with Gasteiger partial charge < -0.3 is 4.98 Å². The maximum absolute atomic E-state index is 3.67. The first-order valence-electron chi connectivity index (χ1n) is 6.34. The third-order valence-corrected chi connectivity index (χ3v) is 4.88. The largest absolute Gasteiger partial charge is 0.357 e. The maximum atomic E-state index is 3.67. The fourth-order valence-electron chi connectivity index (χ4n) is 3.44. The lowest BCUT2D eigenvalue weighted by Crippen LogP contribution is -2.38. The van der Waals surface area contributed by atoms with Gasteiger partial charge in [0.05, 0.1) is 5.52 Å². The predicted octanol–water partition coefficient (Wildman–Crippen LogP) is 3.62. The summed E-state index contributed by atoms with van der Waals surface area (Å²) in [5.41, 5.74) is 4.33. The number of aromatic nitrogens is 1. The minimum atomic E-state index is 0.729. The lowest BCUT2D eigenvalue weighted by Gasteiger charge is -2.37. The average molecular weight is 291 g/mol. The molecular formula is C14H15BrN2. The number of benzene rings is 1. The van der Waals surface area contributed by atoms with Crippen LogP contribution in [-0.4, -0.2) is 23.0 Å². The summed E-state index contributed by atoms with van der Waals surface area (Å²) in [7, 11) is 0. The minimum Gasteiger partial charge on any atom is -0.357 e. The molecule has 1 fully saturated rings. The van der Waals surface area contributed by atoms with E-state index in [1.807, 2.05) is 0 Å². The Labute approximate surface area is 109 Å². The van der Waals surface area contributed by atoms with E-state index in [1.54, 1.807) is 0 Å². The van der Waals surface area contributed by atoms with Gasteiger partial charge in [-0.2, -0.15) is 0 Å². The molecule has 4 rings (SSSR count). The molecule has 1 N–H and O–H groups in total. The number of nitrogens with zero attached hydrogens (tertiary/aromatic N) is 1. The summed E-state index contributed by atoms with van der Waals surface area (Å²) >= 11 is 3.65. The Bertz CT molecular complexity index is 587. The molecule has 0 amide bonds. The second-order valence-electron chi connectivity index (χ2n) is 5.25. The van der Waals surface area contributed by atoms with E-state index in [4.69, 9.17) is 0 Å². The lowest BCUT2D eigenvalue weighted by atomic mass is 9.88. The number of para-hydroxylation sites is 1. The molecule has 2 atom stereocenters. The van der Waals surface area contributed by atoms with Gasteiger partial charge in [-0.25, -0.2) is 0 Å². The van der Waals surface area contributed by atoms with Crippen LogP contribution in [0.1, 0.15) is 30.0 Å². The lowest BCUT2D eigenvalue weighted by molar-refractivity contribution is 0.181. The van der Waals surface area contributed by atoms with Crippen molar-refractivity contribution in [3.8, 4) is 0 Å². The van der Waals surface area contributed by atoms with Crippen molar-refractivity contribution < 1.29 is 0 Å². The number of piperidine rings is 1. The number of fused-ring (bicyclic) bond motifs is 6. The van der Waals surface area contributed by atoms with Gasteiger partial charge in [0.15, 0.2) is 0 Å². The van der Waals surface area contributed by atoms with E-state index in [-0.39, 0.29) is 0 Å². The fraction of sp³-hybridized carbons (Fsp3) is 0.429. The van der Waals surface area contributed by atoms with Gasteiger partial charge in [-0.1, -0.05) is 12.1 Å². The van der Waals surface area contributed by atoms with E-state index < -0.39 is 0 Å². The Kier molecular flexibility index (Phi) is 2.15. The second-order valence-corrected chi connectivity index (χ2v) is 6.11. The Hall–Kier alpha value is -0.800. The van der Waals surface area contributed by atoms with Crippen molar-refractivity contribution in [2.75, 3.05) is 13.1 Å². The number of nitrogens with one attached hydrogen (secondary N) is 1. The van der Waals surface area contributed by atoms with Crippen LogP contribution in [0.25, 0.3) is 10.9 Å². The van der Waals surface area contributed by atoms with Crippen molar-refractivity contribution in [3.63, 3.8) is 0 Å². The maximum Gasteiger partial charge on any atom is 0.0603 e. The predicted molar refractivity (Wildman–Crippen MR) is 73.3 cm³/mol. The first-order chi connectivity index (χ1) is 8.33. The summed E-state index contributed by atoms with van der Waals surface area (Å²) in [6, 6.07) is 6.51. The molecule has 0 aliphatic carbocycles. The van der Waals surface area contributed by atoms with Crippen LogP contribution in [0.2, 0.25) is 0 Å². The molecule has 2 unspecified atom stereocenters. The molecular weight excluding hydrogens is 276 g/mol. The zero-order valence-electron chi connectivity index (χ0n) is 9.67. The van der Waals surface area contributed by atoms with Crippen LogP contribution >= 0.6 is 15.9 Å². The molecule has 2 aromatic rings. The summed E-state index contributed by atoms with van der Waals surface area (Å²) in [5.74, 6) is 0.729. The van der Waals surface area contributed by atoms with E-state index in [0.717, 1.165) is 12.5 Å². The highest BCUT2D eigenvalue weighted by Crippen LogP contribution is 2.39. The third kappa shape index (κ3) is 1.42. The highest BCUT2D eigenvalue weighted by Gasteiger charge is 2.31. The molecule has 3 heteroatoms. The molecule has 2 bridgehead atoms. The van der Waals surface area contributed by atoms with E-state index in [9.17, 15) is 0 Å². The smallest absolute Gasteiger partial charge is 0.0603 e. The highest BCUT2D eigenvalue weighted by molar-refractivity contribution is 9.10.